The number of benzene rings is 2. The molecule has 0 radical (unpaired) electrons. The number of thiazole rings is 1. The van der Waals surface area contributed by atoms with E-state index >= 15 is 0 Å². The van der Waals surface area contributed by atoms with Crippen LogP contribution in [0.25, 0.3) is 10.2 Å². The zero-order valence-corrected chi connectivity index (χ0v) is 16.9. The van der Waals surface area contributed by atoms with Gasteiger partial charge in [-0.15, -0.1) is 4.40 Å². The second-order valence-corrected chi connectivity index (χ2v) is 9.78. The molecule has 0 unspecified atom stereocenters. The van der Waals surface area contributed by atoms with Crippen molar-refractivity contribution in [3.05, 3.63) is 53.3 Å². The van der Waals surface area contributed by atoms with E-state index in [1.165, 1.54) is 42.0 Å². The fraction of sp³-hybridized carbons (Fsp3) is 0.125. The van der Waals surface area contributed by atoms with Crippen molar-refractivity contribution in [2.75, 3.05) is 7.11 Å². The van der Waals surface area contributed by atoms with Crippen LogP contribution < -0.4 is 9.94 Å². The summed E-state index contributed by atoms with van der Waals surface area (Å²) in [5.41, 5.74) is 0.421. The Hall–Kier alpha value is -2.54. The Morgan fingerprint density at radius 1 is 1.11 bits per heavy atom. The maximum atomic E-state index is 12.6. The molecule has 0 aliphatic rings. The molecule has 0 fully saturated rings. The number of fused-ring (bicyclic) bond motifs is 1. The molecule has 3 rings (SSSR count). The predicted octanol–water partition coefficient (Wildman–Crippen LogP) is 0.813. The first-order chi connectivity index (χ1) is 13.1. The number of hydrogen-bond donors (Lipinski definition) is 1. The summed E-state index contributed by atoms with van der Waals surface area (Å²) in [6.07, 6.45) is 0. The fourth-order valence-corrected chi connectivity index (χ4v) is 5.30. The molecule has 2 aromatic carbocycles. The van der Waals surface area contributed by atoms with Crippen LogP contribution in [0.4, 0.5) is 0 Å². The third kappa shape index (κ3) is 4.14. The minimum absolute atomic E-state index is 0.00387. The minimum Gasteiger partial charge on any atom is -0.468 e. The topological polar surface area (TPSA) is 138 Å². The lowest BCUT2D eigenvalue weighted by molar-refractivity contribution is -0.141. The lowest BCUT2D eigenvalue weighted by atomic mass is 10.3. The van der Waals surface area contributed by atoms with E-state index in [-0.39, 0.29) is 21.1 Å². The van der Waals surface area contributed by atoms with E-state index in [0.29, 0.717) is 10.2 Å². The second-order valence-electron chi connectivity index (χ2n) is 5.60. The van der Waals surface area contributed by atoms with E-state index in [1.807, 2.05) is 0 Å². The van der Waals surface area contributed by atoms with Crippen LogP contribution in [0.1, 0.15) is 0 Å². The van der Waals surface area contributed by atoms with Crippen molar-refractivity contribution < 1.29 is 26.4 Å². The minimum atomic E-state index is -4.04. The maximum absolute atomic E-state index is 12.6. The monoisotopic (exact) mass is 441 g/mol. The summed E-state index contributed by atoms with van der Waals surface area (Å²) in [5.74, 6) is -0.617. The molecule has 0 saturated carbocycles. The zero-order chi connectivity index (χ0) is 20.5. The van der Waals surface area contributed by atoms with Crippen LogP contribution in [-0.4, -0.2) is 34.5 Å². The van der Waals surface area contributed by atoms with Gasteiger partial charge in [-0.2, -0.15) is 8.42 Å². The number of carbonyl (C=O) groups is 1. The number of methoxy groups -OCH3 is 1. The number of rotatable bonds is 5. The standard InChI is InChI=1S/C16H15N3O6S3/c1-25-15(20)10-19-13-8-7-12(27(17,21)22)9-14(13)26-16(19)18-28(23,24)11-5-3-2-4-6-11/h2-9H,10H2,1H3,(H2,17,21,22)/b18-16-. The van der Waals surface area contributed by atoms with E-state index in [4.69, 9.17) is 5.14 Å². The molecule has 3 aromatic rings. The Balaban J connectivity index is 2.28. The fourth-order valence-electron chi connectivity index (χ4n) is 2.39. The average molecular weight is 442 g/mol. The summed E-state index contributed by atoms with van der Waals surface area (Å²) < 4.78 is 58.6. The van der Waals surface area contributed by atoms with Crippen molar-refractivity contribution in [1.82, 2.24) is 4.57 Å². The third-order valence-corrected chi connectivity index (χ3v) is 7.09. The molecule has 0 bridgehead atoms. The van der Waals surface area contributed by atoms with Crippen molar-refractivity contribution in [3.8, 4) is 0 Å². The summed E-state index contributed by atoms with van der Waals surface area (Å²) in [7, 11) is -6.79. The third-order valence-electron chi connectivity index (χ3n) is 3.74. The van der Waals surface area contributed by atoms with Crippen molar-refractivity contribution >= 4 is 47.6 Å². The number of aromatic nitrogens is 1. The van der Waals surface area contributed by atoms with Crippen molar-refractivity contribution in [2.45, 2.75) is 16.3 Å². The normalized spacial score (nSPS) is 13.0. The molecular weight excluding hydrogens is 426 g/mol. The molecule has 0 saturated heterocycles. The van der Waals surface area contributed by atoms with Gasteiger partial charge >= 0.3 is 5.97 Å². The van der Waals surface area contributed by atoms with Crippen molar-refractivity contribution in [3.63, 3.8) is 0 Å². The van der Waals surface area contributed by atoms with Gasteiger partial charge in [-0.3, -0.25) is 4.79 Å². The van der Waals surface area contributed by atoms with Gasteiger partial charge in [-0.05, 0) is 30.3 Å². The highest BCUT2D eigenvalue weighted by Gasteiger charge is 2.17. The van der Waals surface area contributed by atoms with E-state index in [1.54, 1.807) is 18.2 Å². The molecule has 1 heterocycles. The first-order valence-electron chi connectivity index (χ1n) is 7.71. The summed E-state index contributed by atoms with van der Waals surface area (Å²) >= 11 is 0.918. The van der Waals surface area contributed by atoms with Gasteiger partial charge in [0.15, 0.2) is 0 Å². The Morgan fingerprint density at radius 2 is 1.79 bits per heavy atom. The summed E-state index contributed by atoms with van der Waals surface area (Å²) in [6.45, 7) is -0.297. The van der Waals surface area contributed by atoms with E-state index in [9.17, 15) is 21.6 Å². The van der Waals surface area contributed by atoms with Crippen LogP contribution >= 0.6 is 11.3 Å². The quantitative estimate of drug-likeness (QED) is 0.582. The highest BCUT2D eigenvalue weighted by atomic mass is 32.2. The molecule has 28 heavy (non-hydrogen) atoms. The molecule has 148 valence electrons. The van der Waals surface area contributed by atoms with Gasteiger partial charge in [-0.25, -0.2) is 13.6 Å². The number of carbonyl (C=O) groups excluding carboxylic acids is 1. The maximum Gasteiger partial charge on any atom is 0.325 e. The molecule has 0 aliphatic carbocycles. The smallest absolute Gasteiger partial charge is 0.325 e. The SMILES string of the molecule is COC(=O)Cn1/c(=N/S(=O)(=O)c2ccccc2)sc2cc(S(N)(=O)=O)ccc21. The van der Waals surface area contributed by atoms with Gasteiger partial charge in [0, 0.05) is 0 Å². The summed E-state index contributed by atoms with van der Waals surface area (Å²) in [5, 5.41) is 5.15. The van der Waals surface area contributed by atoms with E-state index < -0.39 is 26.0 Å². The molecule has 2 N–H and O–H groups in total. The molecule has 0 spiro atoms. The zero-order valence-electron chi connectivity index (χ0n) is 14.5. The lowest BCUT2D eigenvalue weighted by Crippen LogP contribution is -2.22. The highest BCUT2D eigenvalue weighted by Crippen LogP contribution is 2.22. The van der Waals surface area contributed by atoms with E-state index in [0.717, 1.165) is 11.3 Å². The molecule has 0 aliphatic heterocycles. The average Bonchev–Trinajstić information content (AvgIpc) is 2.97. The molecule has 0 atom stereocenters. The first kappa shape index (κ1) is 20.2. The van der Waals surface area contributed by atoms with Crippen LogP contribution in [0.2, 0.25) is 0 Å². The first-order valence-corrected chi connectivity index (χ1v) is 11.5. The van der Waals surface area contributed by atoms with Crippen molar-refractivity contribution in [1.29, 1.82) is 0 Å². The number of ether oxygens (including phenoxy) is 1. The summed E-state index contributed by atoms with van der Waals surface area (Å²) in [4.78, 5) is 11.6. The molecule has 0 amide bonds. The number of nitrogens with zero attached hydrogens (tertiary/aromatic N) is 2. The Bertz CT molecular complexity index is 1320. The van der Waals surface area contributed by atoms with Gasteiger partial charge in [0.1, 0.15) is 6.54 Å². The lowest BCUT2D eigenvalue weighted by Gasteiger charge is -2.04. The van der Waals surface area contributed by atoms with Gasteiger partial charge in [0.2, 0.25) is 14.8 Å². The number of primary sulfonamides is 1. The predicted molar refractivity (Wildman–Crippen MR) is 102 cm³/mol. The summed E-state index contributed by atoms with van der Waals surface area (Å²) in [6, 6.07) is 11.6. The molecular formula is C16H15N3O6S3. The largest absolute Gasteiger partial charge is 0.468 e. The van der Waals surface area contributed by atoms with Crippen molar-refractivity contribution in [2.24, 2.45) is 9.54 Å². The Labute approximate surface area is 164 Å². The Morgan fingerprint density at radius 3 is 2.39 bits per heavy atom. The number of sulfonamides is 2. The van der Waals surface area contributed by atoms with Crippen LogP contribution in [-0.2, 0) is 36.1 Å². The Kier molecular flexibility index (Phi) is 5.39. The van der Waals surface area contributed by atoms with Gasteiger partial charge < -0.3 is 9.30 Å². The molecule has 1 aromatic heterocycles. The van der Waals surface area contributed by atoms with Crippen LogP contribution in [0.15, 0.2) is 62.7 Å². The van der Waals surface area contributed by atoms with Crippen LogP contribution in [0, 0.1) is 0 Å². The van der Waals surface area contributed by atoms with Crippen LogP contribution in [0.5, 0.6) is 0 Å². The number of esters is 1. The molecule has 9 nitrogen and oxygen atoms in total. The van der Waals surface area contributed by atoms with Gasteiger partial charge in [0.25, 0.3) is 10.0 Å². The highest BCUT2D eigenvalue weighted by molar-refractivity contribution is 7.90. The second kappa shape index (κ2) is 7.47. The number of nitrogens with two attached hydrogens (primary N) is 1. The van der Waals surface area contributed by atoms with Crippen LogP contribution in [0.3, 0.4) is 0 Å². The number of hydrogen-bond acceptors (Lipinski definition) is 7. The van der Waals surface area contributed by atoms with Gasteiger partial charge in [0.05, 0.1) is 27.1 Å². The van der Waals surface area contributed by atoms with E-state index in [2.05, 4.69) is 9.13 Å². The van der Waals surface area contributed by atoms with Gasteiger partial charge in [-0.1, -0.05) is 29.5 Å². The molecule has 12 heteroatoms.